The molecule has 5 heteroatoms. The first kappa shape index (κ1) is 12.8. The summed E-state index contributed by atoms with van der Waals surface area (Å²) in [6.07, 6.45) is -2.33. The van der Waals surface area contributed by atoms with Gasteiger partial charge in [-0.05, 0) is 6.16 Å². The quantitative estimate of drug-likeness (QED) is 0.453. The Balaban J connectivity index is -0.000000142. The van der Waals surface area contributed by atoms with E-state index in [0.29, 0.717) is 0 Å². The van der Waals surface area contributed by atoms with Gasteiger partial charge in [0.15, 0.2) is 0 Å². The van der Waals surface area contributed by atoms with Gasteiger partial charge in [0.2, 0.25) is 0 Å². The molecule has 0 aromatic carbocycles. The normalized spacial score (nSPS) is 9.82. The van der Waals surface area contributed by atoms with Gasteiger partial charge >= 0.3 is 1.43 Å². The van der Waals surface area contributed by atoms with E-state index in [4.69, 9.17) is 20.1 Å². The van der Waals surface area contributed by atoms with Crippen molar-refractivity contribution in [1.29, 1.82) is 0 Å². The number of carbonyl (C=O) groups is 1. The highest BCUT2D eigenvalue weighted by atomic mass is 16.6. The molecule has 1 N–H and O–H groups in total. The van der Waals surface area contributed by atoms with Gasteiger partial charge in [-0.15, -0.1) is 0 Å². The maximum atomic E-state index is 8.39. The second kappa shape index (κ2) is 5.94. The summed E-state index contributed by atoms with van der Waals surface area (Å²) in [4.78, 5) is 8.33. The van der Waals surface area contributed by atoms with Crippen molar-refractivity contribution < 1.29 is 26.0 Å². The van der Waals surface area contributed by atoms with Crippen molar-refractivity contribution in [1.82, 2.24) is 0 Å². The van der Waals surface area contributed by atoms with Crippen molar-refractivity contribution in [3.63, 3.8) is 0 Å². The summed E-state index contributed by atoms with van der Waals surface area (Å²) >= 11 is 0. The van der Waals surface area contributed by atoms with Gasteiger partial charge < -0.3 is 24.6 Å². The number of hydrogen-bond donors (Lipinski definition) is 1. The number of rotatable bonds is 2. The molecule has 0 aromatic rings. The Morgan fingerprint density at radius 1 is 1.45 bits per heavy atom. The van der Waals surface area contributed by atoms with Crippen LogP contribution >= 0.6 is 0 Å². The molecule has 0 heterocycles. The molecule has 0 saturated heterocycles. The topological polar surface area (TPSA) is 83.4 Å². The maximum Gasteiger partial charge on any atom is 1.00 e. The van der Waals surface area contributed by atoms with E-state index in [1.54, 1.807) is 0 Å². The van der Waals surface area contributed by atoms with E-state index < -0.39 is 6.16 Å². The van der Waals surface area contributed by atoms with Gasteiger partial charge in [0, 0.05) is 0 Å². The predicted octanol–water partition coefficient (Wildman–Crippen LogP) is -2.65. The Morgan fingerprint density at radius 3 is 1.73 bits per heavy atom. The fraction of sp³-hybridized carbons (Fsp3) is 0.833. The number of aliphatic hydroxyl groups excluding tert-OH is 1. The third-order valence-electron chi connectivity index (χ3n) is 0.771. The SMILES string of the molecule is C[N+](C)(C)CCO.O=C([O-])[O-].[H+]. The van der Waals surface area contributed by atoms with Crippen molar-refractivity contribution in [3.8, 4) is 0 Å². The third-order valence-corrected chi connectivity index (χ3v) is 0.771. The molecule has 0 aromatic heterocycles. The van der Waals surface area contributed by atoms with E-state index in [1.807, 2.05) is 0 Å². The Kier molecular flexibility index (Phi) is 6.92. The minimum absolute atomic E-state index is 0. The van der Waals surface area contributed by atoms with Crippen molar-refractivity contribution in [2.24, 2.45) is 0 Å². The molecule has 0 rings (SSSR count). The molecule has 0 bridgehead atoms. The molecule has 0 aliphatic carbocycles. The molecule has 5 nitrogen and oxygen atoms in total. The highest BCUT2D eigenvalue weighted by Crippen LogP contribution is 1.84. The zero-order valence-electron chi connectivity index (χ0n) is 8.03. The van der Waals surface area contributed by atoms with E-state index in [1.165, 1.54) is 0 Å². The van der Waals surface area contributed by atoms with Gasteiger partial charge in [0.25, 0.3) is 0 Å². The zero-order chi connectivity index (χ0) is 9.49. The van der Waals surface area contributed by atoms with E-state index in [9.17, 15) is 0 Å². The molecule has 0 saturated carbocycles. The molecule has 11 heavy (non-hydrogen) atoms. The van der Waals surface area contributed by atoms with Crippen molar-refractivity contribution in [2.75, 3.05) is 34.3 Å². The van der Waals surface area contributed by atoms with Crippen LogP contribution in [0.15, 0.2) is 0 Å². The van der Waals surface area contributed by atoms with Crippen molar-refractivity contribution >= 4 is 6.16 Å². The number of quaternary nitrogens is 1. The zero-order valence-corrected chi connectivity index (χ0v) is 7.03. The number of nitrogens with zero attached hydrogens (tertiary/aromatic N) is 1. The van der Waals surface area contributed by atoms with Gasteiger partial charge in [-0.2, -0.15) is 0 Å². The van der Waals surface area contributed by atoms with Crippen LogP contribution in [0.3, 0.4) is 0 Å². The van der Waals surface area contributed by atoms with Gasteiger partial charge in [0.1, 0.15) is 6.54 Å². The summed E-state index contributed by atoms with van der Waals surface area (Å²) in [5, 5.41) is 25.1. The number of carboxylic acid groups (broad SMARTS) is 2. The first-order valence-electron chi connectivity index (χ1n) is 3.09. The molecule has 0 fully saturated rings. The fourth-order valence-electron chi connectivity index (χ4n) is 0.300. The monoisotopic (exact) mass is 165 g/mol. The molecule has 0 atom stereocenters. The van der Waals surface area contributed by atoms with Gasteiger partial charge in [-0.3, -0.25) is 0 Å². The largest absolute Gasteiger partial charge is 1.00 e. The van der Waals surface area contributed by atoms with Gasteiger partial charge in [-0.25, -0.2) is 0 Å². The van der Waals surface area contributed by atoms with Gasteiger partial charge in [0.05, 0.1) is 27.7 Å². The summed E-state index contributed by atoms with van der Waals surface area (Å²) in [5.41, 5.74) is 0. The minimum atomic E-state index is -2.33. The Labute approximate surface area is 67.6 Å². The number of likely N-dealkylation sites (N-methyl/N-ethyl adjacent to an activating group) is 1. The molecule has 0 radical (unpaired) electrons. The number of aliphatic hydroxyl groups is 1. The van der Waals surface area contributed by atoms with E-state index in [-0.39, 0.29) is 8.03 Å². The predicted molar refractivity (Wildman–Crippen MR) is 36.5 cm³/mol. The lowest BCUT2D eigenvalue weighted by Gasteiger charge is -2.21. The van der Waals surface area contributed by atoms with Crippen LogP contribution in [-0.2, 0) is 0 Å². The number of hydrogen-bond acceptors (Lipinski definition) is 4. The molecular formula is C6H15NO4. The molecular weight excluding hydrogens is 150 g/mol. The Hall–Kier alpha value is -0.810. The highest BCUT2D eigenvalue weighted by Gasteiger charge is 2.02. The Bertz CT molecular complexity index is 109. The number of carbonyl (C=O) groups excluding carboxylic acids is 1. The van der Waals surface area contributed by atoms with Crippen molar-refractivity contribution in [2.45, 2.75) is 0 Å². The summed E-state index contributed by atoms with van der Waals surface area (Å²) in [6.45, 7) is 1.11. The smallest absolute Gasteiger partial charge is 0.652 e. The highest BCUT2D eigenvalue weighted by molar-refractivity contribution is 5.47. The standard InChI is InChI=1S/C5H14NO.CH2O3/c1-6(2,3)4-5-7;2-1(3)4/h7H,4-5H2,1-3H3;(H2,2,3,4)/q+1;/p-1. The van der Waals surface area contributed by atoms with Crippen LogP contribution < -0.4 is 10.2 Å². The lowest BCUT2D eigenvalue weighted by atomic mass is 10.5. The molecule has 0 aliphatic heterocycles. The lowest BCUT2D eigenvalue weighted by Crippen LogP contribution is -2.37. The van der Waals surface area contributed by atoms with Crippen LogP contribution in [0.4, 0.5) is 4.79 Å². The first-order chi connectivity index (χ1) is 4.79. The minimum Gasteiger partial charge on any atom is -0.652 e. The van der Waals surface area contributed by atoms with E-state index >= 15 is 0 Å². The molecule has 0 spiro atoms. The molecule has 0 unspecified atom stereocenters. The summed E-state index contributed by atoms with van der Waals surface area (Å²) < 4.78 is 0.844. The Morgan fingerprint density at radius 2 is 1.73 bits per heavy atom. The average molecular weight is 165 g/mol. The van der Waals surface area contributed by atoms with Crippen LogP contribution in [0, 0.1) is 0 Å². The van der Waals surface area contributed by atoms with Crippen LogP contribution in [0.25, 0.3) is 0 Å². The summed E-state index contributed by atoms with van der Waals surface area (Å²) in [7, 11) is 6.16. The maximum absolute atomic E-state index is 8.39. The van der Waals surface area contributed by atoms with Gasteiger partial charge in [-0.1, -0.05) is 0 Å². The molecule has 68 valence electrons. The van der Waals surface area contributed by atoms with Crippen LogP contribution in [0.5, 0.6) is 0 Å². The summed E-state index contributed by atoms with van der Waals surface area (Å²) in [6, 6.07) is 0. The molecule has 0 aliphatic rings. The second-order valence-corrected chi connectivity index (χ2v) is 2.99. The molecule has 0 amide bonds. The fourth-order valence-corrected chi connectivity index (χ4v) is 0.300. The van der Waals surface area contributed by atoms with Crippen LogP contribution in [0.2, 0.25) is 0 Å². The summed E-state index contributed by atoms with van der Waals surface area (Å²) in [5.74, 6) is 0. The third kappa shape index (κ3) is 46.7. The van der Waals surface area contributed by atoms with Crippen molar-refractivity contribution in [3.05, 3.63) is 0 Å². The van der Waals surface area contributed by atoms with E-state index in [0.717, 1.165) is 11.0 Å². The van der Waals surface area contributed by atoms with E-state index in [2.05, 4.69) is 21.1 Å². The van der Waals surface area contributed by atoms with Crippen LogP contribution in [-0.4, -0.2) is 50.0 Å². The second-order valence-electron chi connectivity index (χ2n) is 2.99. The lowest BCUT2D eigenvalue weighted by molar-refractivity contribution is -0.870. The average Bonchev–Trinajstić information content (AvgIpc) is 1.58. The first-order valence-corrected chi connectivity index (χ1v) is 3.09. The van der Waals surface area contributed by atoms with Crippen LogP contribution in [0.1, 0.15) is 1.43 Å².